The van der Waals surface area contributed by atoms with E-state index in [1.807, 2.05) is 11.8 Å². The molecule has 1 saturated heterocycles. The van der Waals surface area contributed by atoms with Gasteiger partial charge in [0, 0.05) is 11.6 Å². The molecule has 0 atom stereocenters. The Kier molecular flexibility index (Phi) is 5.30. The van der Waals surface area contributed by atoms with Gasteiger partial charge in [-0.15, -0.1) is 0 Å². The third kappa shape index (κ3) is 3.85. The first kappa shape index (κ1) is 16.0. The van der Waals surface area contributed by atoms with E-state index in [0.29, 0.717) is 5.56 Å². The van der Waals surface area contributed by atoms with Crippen LogP contribution in [0.3, 0.4) is 0 Å². The standard InChI is InChI=1S/C12H15ClN2O2S3/c13-11-7-9(1-2-10(11)12(14)18)20(16,17)15-8-3-5-19-6-4-8/h1-2,7-8,15H,3-6H2,(H2,14,18). The number of nitrogens with one attached hydrogen (secondary N) is 1. The zero-order valence-corrected chi connectivity index (χ0v) is 13.8. The Morgan fingerprint density at radius 2 is 2.05 bits per heavy atom. The van der Waals surface area contributed by atoms with Crippen LogP contribution in [0, 0.1) is 0 Å². The number of thiocarbonyl (C=S) groups is 1. The third-order valence-corrected chi connectivity index (χ3v) is 6.16. The van der Waals surface area contributed by atoms with E-state index in [9.17, 15) is 8.42 Å². The second-order valence-electron chi connectivity index (χ2n) is 4.51. The van der Waals surface area contributed by atoms with Gasteiger partial charge in [-0.25, -0.2) is 13.1 Å². The normalized spacial score (nSPS) is 17.1. The van der Waals surface area contributed by atoms with Crippen LogP contribution in [0.1, 0.15) is 18.4 Å². The van der Waals surface area contributed by atoms with Crippen molar-refractivity contribution in [2.75, 3.05) is 11.5 Å². The maximum atomic E-state index is 12.3. The first-order chi connectivity index (χ1) is 9.40. The molecule has 0 bridgehead atoms. The van der Waals surface area contributed by atoms with Crippen LogP contribution in [-0.4, -0.2) is 31.0 Å². The summed E-state index contributed by atoms with van der Waals surface area (Å²) in [6.07, 6.45) is 1.70. The maximum absolute atomic E-state index is 12.3. The van der Waals surface area contributed by atoms with Crippen LogP contribution in [0.2, 0.25) is 5.02 Å². The minimum Gasteiger partial charge on any atom is -0.389 e. The Morgan fingerprint density at radius 1 is 1.40 bits per heavy atom. The SMILES string of the molecule is NC(=S)c1ccc(S(=O)(=O)NC2CCSCC2)cc1Cl. The van der Waals surface area contributed by atoms with Gasteiger partial charge in [0.15, 0.2) is 0 Å². The van der Waals surface area contributed by atoms with E-state index >= 15 is 0 Å². The Bertz CT molecular complexity index is 613. The number of hydrogen-bond acceptors (Lipinski definition) is 4. The van der Waals surface area contributed by atoms with Gasteiger partial charge in [-0.3, -0.25) is 0 Å². The second kappa shape index (κ2) is 6.62. The molecule has 110 valence electrons. The largest absolute Gasteiger partial charge is 0.389 e. The lowest BCUT2D eigenvalue weighted by Crippen LogP contribution is -2.37. The topological polar surface area (TPSA) is 72.2 Å². The second-order valence-corrected chi connectivity index (χ2v) is 8.30. The summed E-state index contributed by atoms with van der Waals surface area (Å²) in [4.78, 5) is 0.289. The summed E-state index contributed by atoms with van der Waals surface area (Å²) in [5.41, 5.74) is 5.98. The predicted octanol–water partition coefficient (Wildman–Crippen LogP) is 2.15. The van der Waals surface area contributed by atoms with Gasteiger partial charge >= 0.3 is 0 Å². The lowest BCUT2D eigenvalue weighted by atomic mass is 10.2. The number of thioether (sulfide) groups is 1. The molecule has 3 N–H and O–H groups in total. The lowest BCUT2D eigenvalue weighted by molar-refractivity contribution is 0.529. The summed E-state index contributed by atoms with van der Waals surface area (Å²) in [5.74, 6) is 1.96. The van der Waals surface area contributed by atoms with Gasteiger partial charge in [0.2, 0.25) is 10.0 Å². The van der Waals surface area contributed by atoms with Crippen molar-refractivity contribution in [2.24, 2.45) is 5.73 Å². The van der Waals surface area contributed by atoms with E-state index in [2.05, 4.69) is 4.72 Å². The third-order valence-electron chi connectivity index (χ3n) is 3.06. The minimum absolute atomic E-state index is 0.00436. The van der Waals surface area contributed by atoms with E-state index in [1.54, 1.807) is 0 Å². The molecular weight excluding hydrogens is 336 g/mol. The molecule has 1 aromatic carbocycles. The van der Waals surface area contributed by atoms with Crippen LogP contribution < -0.4 is 10.5 Å². The van der Waals surface area contributed by atoms with E-state index in [0.717, 1.165) is 24.3 Å². The Balaban J connectivity index is 2.20. The number of hydrogen-bond donors (Lipinski definition) is 2. The molecule has 0 aliphatic carbocycles. The molecule has 8 heteroatoms. The van der Waals surface area contributed by atoms with Crippen molar-refractivity contribution in [2.45, 2.75) is 23.8 Å². The van der Waals surface area contributed by atoms with Gasteiger partial charge in [-0.2, -0.15) is 11.8 Å². The Morgan fingerprint density at radius 3 is 2.60 bits per heavy atom. The molecule has 1 fully saturated rings. The van der Waals surface area contributed by atoms with E-state index in [-0.39, 0.29) is 20.9 Å². The quantitative estimate of drug-likeness (QED) is 0.814. The molecule has 1 heterocycles. The number of benzene rings is 1. The van der Waals surface area contributed by atoms with Crippen molar-refractivity contribution in [1.29, 1.82) is 0 Å². The van der Waals surface area contributed by atoms with Gasteiger partial charge in [0.25, 0.3) is 0 Å². The van der Waals surface area contributed by atoms with E-state index in [1.165, 1.54) is 18.2 Å². The van der Waals surface area contributed by atoms with E-state index < -0.39 is 10.0 Å². The fraction of sp³-hybridized carbons (Fsp3) is 0.417. The first-order valence-corrected chi connectivity index (χ1v) is 9.52. The van der Waals surface area contributed by atoms with Crippen molar-refractivity contribution in [3.63, 3.8) is 0 Å². The average Bonchev–Trinajstić information content (AvgIpc) is 2.38. The highest BCUT2D eigenvalue weighted by atomic mass is 35.5. The summed E-state index contributed by atoms with van der Waals surface area (Å²) in [6.45, 7) is 0. The van der Waals surface area contributed by atoms with E-state index in [4.69, 9.17) is 29.6 Å². The molecule has 1 aliphatic rings. The summed E-state index contributed by atoms with van der Waals surface area (Å²) in [5, 5.41) is 0.250. The lowest BCUT2D eigenvalue weighted by Gasteiger charge is -2.22. The highest BCUT2D eigenvalue weighted by molar-refractivity contribution is 7.99. The molecule has 0 amide bonds. The molecule has 1 aliphatic heterocycles. The number of sulfonamides is 1. The fourth-order valence-electron chi connectivity index (χ4n) is 1.97. The van der Waals surface area contributed by atoms with Crippen molar-refractivity contribution in [3.8, 4) is 0 Å². The summed E-state index contributed by atoms with van der Waals surface area (Å²) in [7, 11) is -3.55. The Hall–Kier alpha value is -0.340. The van der Waals surface area contributed by atoms with Gasteiger partial charge < -0.3 is 5.73 Å². The van der Waals surface area contributed by atoms with Crippen LogP contribution in [0.15, 0.2) is 23.1 Å². The molecule has 0 aromatic heterocycles. The first-order valence-electron chi connectivity index (χ1n) is 6.09. The molecular formula is C12H15ClN2O2S3. The van der Waals surface area contributed by atoms with Gasteiger partial charge in [0.1, 0.15) is 4.99 Å². The van der Waals surface area contributed by atoms with Gasteiger partial charge in [-0.1, -0.05) is 23.8 Å². The summed E-state index contributed by atoms with van der Waals surface area (Å²) >= 11 is 12.7. The molecule has 0 spiro atoms. The zero-order valence-electron chi connectivity index (χ0n) is 10.6. The highest BCUT2D eigenvalue weighted by Crippen LogP contribution is 2.23. The average molecular weight is 351 g/mol. The molecule has 0 radical (unpaired) electrons. The maximum Gasteiger partial charge on any atom is 0.240 e. The van der Waals surface area contributed by atoms with Gasteiger partial charge in [0.05, 0.1) is 9.92 Å². The van der Waals surface area contributed by atoms with Crippen molar-refractivity contribution >= 4 is 50.6 Å². The minimum atomic E-state index is -3.55. The van der Waals surface area contributed by atoms with Crippen molar-refractivity contribution in [1.82, 2.24) is 4.72 Å². The zero-order chi connectivity index (χ0) is 14.8. The fourth-order valence-corrected chi connectivity index (χ4v) is 4.98. The molecule has 4 nitrogen and oxygen atoms in total. The molecule has 0 saturated carbocycles. The smallest absolute Gasteiger partial charge is 0.240 e. The molecule has 0 unspecified atom stereocenters. The van der Waals surface area contributed by atoms with Crippen molar-refractivity contribution < 1.29 is 8.42 Å². The Labute approximate surface area is 133 Å². The number of rotatable bonds is 4. The summed E-state index contributed by atoms with van der Waals surface area (Å²) < 4.78 is 27.3. The van der Waals surface area contributed by atoms with Crippen LogP contribution in [0.5, 0.6) is 0 Å². The predicted molar refractivity (Wildman–Crippen MR) is 88.0 cm³/mol. The number of nitrogens with two attached hydrogens (primary N) is 1. The highest BCUT2D eigenvalue weighted by Gasteiger charge is 2.22. The van der Waals surface area contributed by atoms with Gasteiger partial charge in [-0.05, 0) is 42.5 Å². The molecule has 2 rings (SSSR count). The molecule has 1 aromatic rings. The van der Waals surface area contributed by atoms with Crippen LogP contribution >= 0.6 is 35.6 Å². The van der Waals surface area contributed by atoms with Crippen LogP contribution in [0.25, 0.3) is 0 Å². The number of halogens is 1. The van der Waals surface area contributed by atoms with Crippen LogP contribution in [-0.2, 0) is 10.0 Å². The monoisotopic (exact) mass is 350 g/mol. The summed E-state index contributed by atoms with van der Waals surface area (Å²) in [6, 6.07) is 4.39. The van der Waals surface area contributed by atoms with Crippen LogP contribution in [0.4, 0.5) is 0 Å². The molecule has 20 heavy (non-hydrogen) atoms. The van der Waals surface area contributed by atoms with Crippen molar-refractivity contribution in [3.05, 3.63) is 28.8 Å².